The fourth-order valence-corrected chi connectivity index (χ4v) is 4.30. The summed E-state index contributed by atoms with van der Waals surface area (Å²) in [6.45, 7) is 4.17. The van der Waals surface area contributed by atoms with Gasteiger partial charge in [-0.2, -0.15) is 0 Å². The van der Waals surface area contributed by atoms with Crippen LogP contribution in [0.5, 0.6) is 0 Å². The number of hydrogen-bond acceptors (Lipinski definition) is 2. The fraction of sp³-hybridized carbons (Fsp3) is 0.650. The first-order chi connectivity index (χ1) is 12.1. The molecule has 0 bridgehead atoms. The number of likely N-dealkylation sites (tertiary alicyclic amines) is 1. The van der Waals surface area contributed by atoms with Gasteiger partial charge < -0.3 is 10.6 Å². The molecular weight excluding hydrogens is 315 g/mol. The first kappa shape index (κ1) is 16.8. The number of nitrogens with zero attached hydrogens (tertiary/aromatic N) is 2. The van der Waals surface area contributed by atoms with Crippen molar-refractivity contribution in [2.24, 2.45) is 4.99 Å². The zero-order chi connectivity index (χ0) is 17.4. The summed E-state index contributed by atoms with van der Waals surface area (Å²) >= 11 is 0. The quantitative estimate of drug-likeness (QED) is 0.637. The summed E-state index contributed by atoms with van der Waals surface area (Å²) in [5.41, 5.74) is 0.777. The van der Waals surface area contributed by atoms with E-state index in [9.17, 15) is 4.39 Å². The maximum atomic E-state index is 14.1. The predicted octanol–water partition coefficient (Wildman–Crippen LogP) is 2.65. The van der Waals surface area contributed by atoms with Crippen molar-refractivity contribution in [1.82, 2.24) is 15.5 Å². The second-order valence-corrected chi connectivity index (χ2v) is 8.04. The Bertz CT molecular complexity index is 651. The van der Waals surface area contributed by atoms with E-state index in [4.69, 9.17) is 0 Å². The Morgan fingerprint density at radius 1 is 1.32 bits per heavy atom. The molecule has 1 aromatic rings. The third kappa shape index (κ3) is 3.52. The van der Waals surface area contributed by atoms with E-state index in [0.717, 1.165) is 49.9 Å². The lowest BCUT2D eigenvalue weighted by atomic mass is 9.95. The third-order valence-electron chi connectivity index (χ3n) is 6.10. The van der Waals surface area contributed by atoms with Crippen LogP contribution in [-0.4, -0.2) is 49.1 Å². The average Bonchev–Trinajstić information content (AvgIpc) is 3.52. The van der Waals surface area contributed by atoms with Gasteiger partial charge in [0.2, 0.25) is 0 Å². The molecular formula is C20H29FN4. The summed E-state index contributed by atoms with van der Waals surface area (Å²) < 4.78 is 14.1. The van der Waals surface area contributed by atoms with Crippen molar-refractivity contribution >= 4 is 5.96 Å². The van der Waals surface area contributed by atoms with Crippen LogP contribution in [0.25, 0.3) is 0 Å². The van der Waals surface area contributed by atoms with Crippen LogP contribution in [0.4, 0.5) is 4.39 Å². The SMILES string of the molecule is CN=C(NCC1(c2ccccc2F)CC1)NC1CC(C)N(C2CC2)C1. The average molecular weight is 344 g/mol. The van der Waals surface area contributed by atoms with E-state index in [1.54, 1.807) is 12.1 Å². The summed E-state index contributed by atoms with van der Waals surface area (Å²) in [5, 5.41) is 7.03. The zero-order valence-corrected chi connectivity index (χ0v) is 15.3. The first-order valence-electron chi connectivity index (χ1n) is 9.59. The van der Waals surface area contributed by atoms with Crippen LogP contribution in [0, 0.1) is 5.82 Å². The predicted molar refractivity (Wildman–Crippen MR) is 99.4 cm³/mol. The molecule has 3 aliphatic rings. The Kier molecular flexibility index (Phi) is 4.44. The van der Waals surface area contributed by atoms with Crippen molar-refractivity contribution in [2.75, 3.05) is 20.1 Å². The number of guanidine groups is 1. The number of hydrogen-bond donors (Lipinski definition) is 2. The van der Waals surface area contributed by atoms with Gasteiger partial charge in [-0.15, -0.1) is 0 Å². The number of benzene rings is 1. The second-order valence-electron chi connectivity index (χ2n) is 8.04. The highest BCUT2D eigenvalue weighted by atomic mass is 19.1. The Balaban J connectivity index is 1.33. The van der Waals surface area contributed by atoms with Gasteiger partial charge in [0.05, 0.1) is 0 Å². The molecule has 0 spiro atoms. The van der Waals surface area contributed by atoms with Gasteiger partial charge in [0.15, 0.2) is 5.96 Å². The highest BCUT2D eigenvalue weighted by Gasteiger charge is 2.46. The second kappa shape index (κ2) is 6.60. The molecule has 136 valence electrons. The van der Waals surface area contributed by atoms with E-state index in [1.165, 1.54) is 12.8 Å². The molecule has 1 saturated heterocycles. The van der Waals surface area contributed by atoms with Gasteiger partial charge in [-0.1, -0.05) is 18.2 Å². The highest BCUT2D eigenvalue weighted by Crippen LogP contribution is 2.48. The Morgan fingerprint density at radius 2 is 2.08 bits per heavy atom. The van der Waals surface area contributed by atoms with Crippen LogP contribution in [-0.2, 0) is 5.41 Å². The zero-order valence-electron chi connectivity index (χ0n) is 15.3. The van der Waals surface area contributed by atoms with Crippen LogP contribution in [0.2, 0.25) is 0 Å². The van der Waals surface area contributed by atoms with E-state index in [1.807, 2.05) is 19.2 Å². The summed E-state index contributed by atoms with van der Waals surface area (Å²) in [4.78, 5) is 7.02. The lowest BCUT2D eigenvalue weighted by molar-refractivity contribution is 0.256. The number of rotatable bonds is 5. The Morgan fingerprint density at radius 3 is 2.72 bits per heavy atom. The molecule has 2 aliphatic carbocycles. The van der Waals surface area contributed by atoms with Gasteiger partial charge in [0, 0.05) is 43.7 Å². The number of aliphatic imine (C=N–C) groups is 1. The van der Waals surface area contributed by atoms with Gasteiger partial charge in [-0.25, -0.2) is 4.39 Å². The van der Waals surface area contributed by atoms with Crippen LogP contribution in [0.1, 0.15) is 44.6 Å². The molecule has 0 amide bonds. The summed E-state index contributed by atoms with van der Waals surface area (Å²) in [6.07, 6.45) is 5.95. The Labute approximate surface area is 149 Å². The van der Waals surface area contributed by atoms with Crippen LogP contribution in [0.15, 0.2) is 29.3 Å². The number of nitrogens with one attached hydrogen (secondary N) is 2. The molecule has 2 atom stereocenters. The van der Waals surface area contributed by atoms with Crippen molar-refractivity contribution in [3.8, 4) is 0 Å². The van der Waals surface area contributed by atoms with E-state index in [-0.39, 0.29) is 11.2 Å². The lowest BCUT2D eigenvalue weighted by Gasteiger charge is -2.22. The first-order valence-corrected chi connectivity index (χ1v) is 9.59. The summed E-state index contributed by atoms with van der Waals surface area (Å²) in [5.74, 6) is 0.756. The topological polar surface area (TPSA) is 39.7 Å². The van der Waals surface area contributed by atoms with Crippen molar-refractivity contribution in [3.63, 3.8) is 0 Å². The van der Waals surface area contributed by atoms with Crippen molar-refractivity contribution < 1.29 is 4.39 Å². The molecule has 0 radical (unpaired) electrons. The van der Waals surface area contributed by atoms with Gasteiger partial charge in [-0.3, -0.25) is 9.89 Å². The molecule has 0 aromatic heterocycles. The Hall–Kier alpha value is -1.62. The molecule has 1 heterocycles. The molecule has 25 heavy (non-hydrogen) atoms. The molecule has 5 heteroatoms. The van der Waals surface area contributed by atoms with E-state index in [0.29, 0.717) is 12.1 Å². The molecule has 2 saturated carbocycles. The third-order valence-corrected chi connectivity index (χ3v) is 6.10. The summed E-state index contributed by atoms with van der Waals surface area (Å²) in [6, 6.07) is 9.09. The lowest BCUT2D eigenvalue weighted by Crippen LogP contribution is -2.46. The standard InChI is InChI=1S/C20H29FN4/c1-14-11-15(12-25(14)16-7-8-16)24-19(22-2)23-13-20(9-10-20)17-5-3-4-6-18(17)21/h3-6,14-16H,7-13H2,1-2H3,(H2,22,23,24). The van der Waals surface area contributed by atoms with Crippen LogP contribution < -0.4 is 10.6 Å². The van der Waals surface area contributed by atoms with E-state index >= 15 is 0 Å². The van der Waals surface area contributed by atoms with Gasteiger partial charge in [0.1, 0.15) is 5.82 Å². The molecule has 1 aliphatic heterocycles. The maximum absolute atomic E-state index is 14.1. The van der Waals surface area contributed by atoms with Crippen molar-refractivity contribution in [3.05, 3.63) is 35.6 Å². The van der Waals surface area contributed by atoms with Gasteiger partial charge >= 0.3 is 0 Å². The molecule has 2 unspecified atom stereocenters. The summed E-state index contributed by atoms with van der Waals surface area (Å²) in [7, 11) is 1.81. The van der Waals surface area contributed by atoms with Crippen molar-refractivity contribution in [2.45, 2.75) is 62.6 Å². The molecule has 3 fully saturated rings. The van der Waals surface area contributed by atoms with Gasteiger partial charge in [0.25, 0.3) is 0 Å². The highest BCUT2D eigenvalue weighted by molar-refractivity contribution is 5.80. The fourth-order valence-electron chi connectivity index (χ4n) is 4.30. The molecule has 1 aromatic carbocycles. The molecule has 4 nitrogen and oxygen atoms in total. The van der Waals surface area contributed by atoms with Crippen molar-refractivity contribution in [1.29, 1.82) is 0 Å². The minimum atomic E-state index is -0.0885. The molecule has 4 rings (SSSR count). The molecule has 2 N–H and O–H groups in total. The monoisotopic (exact) mass is 344 g/mol. The van der Waals surface area contributed by atoms with Gasteiger partial charge in [-0.05, 0) is 50.7 Å². The maximum Gasteiger partial charge on any atom is 0.191 e. The van der Waals surface area contributed by atoms with Crippen LogP contribution >= 0.6 is 0 Å². The van der Waals surface area contributed by atoms with Crippen LogP contribution in [0.3, 0.4) is 0 Å². The van der Waals surface area contributed by atoms with E-state index in [2.05, 4.69) is 27.4 Å². The minimum Gasteiger partial charge on any atom is -0.356 e. The normalized spacial score (nSPS) is 28.8. The minimum absolute atomic E-state index is 0.0635. The number of halogens is 1. The smallest absolute Gasteiger partial charge is 0.191 e. The largest absolute Gasteiger partial charge is 0.356 e. The van der Waals surface area contributed by atoms with E-state index < -0.39 is 0 Å².